The topological polar surface area (TPSA) is 19.4 Å². The molecule has 0 amide bonds. The molecule has 0 saturated carbocycles. The van der Waals surface area contributed by atoms with Crippen molar-refractivity contribution in [2.24, 2.45) is 0 Å². The Morgan fingerprint density at radius 2 is 2.18 bits per heavy atom. The Kier molecular flexibility index (Phi) is 3.71. The molecule has 2 heterocycles. The van der Waals surface area contributed by atoms with E-state index in [1.807, 2.05) is 6.07 Å². The van der Waals surface area contributed by atoms with Crippen molar-refractivity contribution in [1.29, 1.82) is 0 Å². The molecule has 1 aliphatic heterocycles. The van der Waals surface area contributed by atoms with Crippen molar-refractivity contribution >= 4 is 11.6 Å². The quantitative estimate of drug-likeness (QED) is 0.754. The Morgan fingerprint density at radius 1 is 1.41 bits per heavy atom. The van der Waals surface area contributed by atoms with E-state index in [9.17, 15) is 0 Å². The largest absolute Gasteiger partial charge is 0.299 e. The number of likely N-dealkylation sites (N-methyl/N-ethyl adjacent to an activating group) is 1. The summed E-state index contributed by atoms with van der Waals surface area (Å²) >= 11 is 6.10. The summed E-state index contributed by atoms with van der Waals surface area (Å²) in [7, 11) is 2.19. The van der Waals surface area contributed by atoms with Crippen LogP contribution >= 0.6 is 11.6 Å². The lowest BCUT2D eigenvalue weighted by Crippen LogP contribution is -2.57. The molecule has 0 radical (unpaired) electrons. The fourth-order valence-electron chi connectivity index (χ4n) is 2.25. The molecule has 0 unspecified atom stereocenters. The van der Waals surface area contributed by atoms with E-state index >= 15 is 0 Å². The van der Waals surface area contributed by atoms with Gasteiger partial charge in [-0.2, -0.15) is 0 Å². The lowest BCUT2D eigenvalue weighted by molar-refractivity contribution is 0.0360. The lowest BCUT2D eigenvalue weighted by Gasteiger charge is -2.45. The first-order valence-electron chi connectivity index (χ1n) is 6.02. The number of hydrogen-bond acceptors (Lipinski definition) is 3. The highest BCUT2D eigenvalue weighted by Gasteiger charge is 2.30. The molecule has 17 heavy (non-hydrogen) atoms. The van der Waals surface area contributed by atoms with Crippen molar-refractivity contribution in [1.82, 2.24) is 14.8 Å². The summed E-state index contributed by atoms with van der Waals surface area (Å²) in [5.41, 5.74) is 1.35. The van der Waals surface area contributed by atoms with Gasteiger partial charge < -0.3 is 0 Å². The Bertz CT molecular complexity index is 392. The summed E-state index contributed by atoms with van der Waals surface area (Å²) < 4.78 is 0. The Labute approximate surface area is 108 Å². The molecule has 0 N–H and O–H groups in total. The van der Waals surface area contributed by atoms with Gasteiger partial charge in [-0.3, -0.25) is 9.80 Å². The van der Waals surface area contributed by atoms with E-state index in [1.165, 1.54) is 0 Å². The summed E-state index contributed by atoms with van der Waals surface area (Å²) in [4.78, 5) is 8.98. The Balaban J connectivity index is 2.04. The maximum atomic E-state index is 6.10. The van der Waals surface area contributed by atoms with Gasteiger partial charge in [-0.05, 0) is 27.0 Å². The minimum Gasteiger partial charge on any atom is -0.299 e. The van der Waals surface area contributed by atoms with E-state index in [-0.39, 0.29) is 5.54 Å². The molecule has 1 aromatic heterocycles. The van der Waals surface area contributed by atoms with Crippen LogP contribution in [-0.4, -0.2) is 47.0 Å². The van der Waals surface area contributed by atoms with Gasteiger partial charge in [-0.25, -0.2) is 4.98 Å². The van der Waals surface area contributed by atoms with Gasteiger partial charge in [0.25, 0.3) is 0 Å². The smallest absolute Gasteiger partial charge is 0.133 e. The van der Waals surface area contributed by atoms with Gasteiger partial charge in [-0.15, -0.1) is 0 Å². The predicted octanol–water partition coefficient (Wildman–Crippen LogP) is 2.26. The number of halogens is 1. The van der Waals surface area contributed by atoms with Gasteiger partial charge in [-0.1, -0.05) is 17.7 Å². The van der Waals surface area contributed by atoms with Gasteiger partial charge in [0.15, 0.2) is 0 Å². The van der Waals surface area contributed by atoms with Crippen LogP contribution in [-0.2, 0) is 6.54 Å². The van der Waals surface area contributed by atoms with Crippen molar-refractivity contribution < 1.29 is 0 Å². The molecule has 0 aliphatic carbocycles. The maximum absolute atomic E-state index is 6.10. The van der Waals surface area contributed by atoms with Gasteiger partial charge in [0.1, 0.15) is 5.15 Å². The van der Waals surface area contributed by atoms with E-state index < -0.39 is 0 Å². The molecular formula is C13H20ClN3. The second-order valence-corrected chi connectivity index (χ2v) is 5.76. The Hall–Kier alpha value is -0.640. The highest BCUT2D eigenvalue weighted by molar-refractivity contribution is 6.30. The maximum Gasteiger partial charge on any atom is 0.133 e. The summed E-state index contributed by atoms with van der Waals surface area (Å²) in [6, 6.07) is 4.00. The second kappa shape index (κ2) is 4.92. The molecule has 4 heteroatoms. The zero-order chi connectivity index (χ0) is 12.5. The first-order valence-corrected chi connectivity index (χ1v) is 6.40. The second-order valence-electron chi connectivity index (χ2n) is 5.40. The van der Waals surface area contributed by atoms with Crippen LogP contribution < -0.4 is 0 Å². The summed E-state index contributed by atoms with van der Waals surface area (Å²) in [5, 5.41) is 0.629. The van der Waals surface area contributed by atoms with Crippen LogP contribution in [0.5, 0.6) is 0 Å². The van der Waals surface area contributed by atoms with E-state index in [2.05, 4.69) is 41.7 Å². The summed E-state index contributed by atoms with van der Waals surface area (Å²) in [6.45, 7) is 8.71. The zero-order valence-electron chi connectivity index (χ0n) is 10.8. The average Bonchev–Trinajstić information content (AvgIpc) is 2.26. The third-order valence-corrected chi connectivity index (χ3v) is 3.97. The molecule has 1 fully saturated rings. The third kappa shape index (κ3) is 2.97. The monoisotopic (exact) mass is 253 g/mol. The summed E-state index contributed by atoms with van der Waals surface area (Å²) in [5.74, 6) is 0. The molecule has 0 atom stereocenters. The van der Waals surface area contributed by atoms with Gasteiger partial charge in [0, 0.05) is 43.5 Å². The van der Waals surface area contributed by atoms with E-state index in [1.54, 1.807) is 6.20 Å². The van der Waals surface area contributed by atoms with Crippen LogP contribution in [0.25, 0.3) is 0 Å². The van der Waals surface area contributed by atoms with Crippen molar-refractivity contribution in [3.05, 3.63) is 29.0 Å². The van der Waals surface area contributed by atoms with Crippen LogP contribution in [0.15, 0.2) is 18.3 Å². The number of piperazine rings is 1. The molecule has 1 saturated heterocycles. The molecule has 94 valence electrons. The lowest BCUT2D eigenvalue weighted by atomic mass is 9.99. The molecule has 0 aromatic carbocycles. The highest BCUT2D eigenvalue weighted by atomic mass is 35.5. The predicted molar refractivity (Wildman–Crippen MR) is 71.2 cm³/mol. The summed E-state index contributed by atoms with van der Waals surface area (Å²) in [6.07, 6.45) is 1.74. The minimum atomic E-state index is 0.229. The number of pyridine rings is 1. The minimum absolute atomic E-state index is 0.229. The standard InChI is InChI=1S/C13H20ClN3/c1-13(2)10-17(8-7-16(13)3)9-11-5-4-6-15-12(11)14/h4-6H,7-10H2,1-3H3. The molecule has 0 bridgehead atoms. The van der Waals surface area contributed by atoms with Crippen molar-refractivity contribution in [2.75, 3.05) is 26.7 Å². The number of nitrogens with zero attached hydrogens (tertiary/aromatic N) is 3. The van der Waals surface area contributed by atoms with Crippen LogP contribution in [0.3, 0.4) is 0 Å². The SMILES string of the molecule is CN1CCN(Cc2cccnc2Cl)CC1(C)C. The average molecular weight is 254 g/mol. The van der Waals surface area contributed by atoms with Gasteiger partial charge in [0.05, 0.1) is 0 Å². The van der Waals surface area contributed by atoms with E-state index in [4.69, 9.17) is 11.6 Å². The fraction of sp³-hybridized carbons (Fsp3) is 0.615. The van der Waals surface area contributed by atoms with Crippen LogP contribution in [0.4, 0.5) is 0 Å². The molecule has 0 spiro atoms. The van der Waals surface area contributed by atoms with Crippen molar-refractivity contribution in [2.45, 2.75) is 25.9 Å². The van der Waals surface area contributed by atoms with Crippen molar-refractivity contribution in [3.63, 3.8) is 0 Å². The molecule has 3 nitrogen and oxygen atoms in total. The number of rotatable bonds is 2. The third-order valence-electron chi connectivity index (χ3n) is 3.63. The van der Waals surface area contributed by atoms with Gasteiger partial charge in [0.2, 0.25) is 0 Å². The van der Waals surface area contributed by atoms with Gasteiger partial charge >= 0.3 is 0 Å². The highest BCUT2D eigenvalue weighted by Crippen LogP contribution is 2.22. The van der Waals surface area contributed by atoms with E-state index in [0.717, 1.165) is 31.7 Å². The van der Waals surface area contributed by atoms with E-state index in [0.29, 0.717) is 5.15 Å². The first-order chi connectivity index (χ1) is 7.99. The molecule has 1 aliphatic rings. The normalized spacial score (nSPS) is 21.6. The molecular weight excluding hydrogens is 234 g/mol. The van der Waals surface area contributed by atoms with Crippen LogP contribution in [0.2, 0.25) is 5.15 Å². The van der Waals surface area contributed by atoms with Crippen molar-refractivity contribution in [3.8, 4) is 0 Å². The van der Waals surface area contributed by atoms with Crippen LogP contribution in [0, 0.1) is 0 Å². The number of hydrogen-bond donors (Lipinski definition) is 0. The number of aromatic nitrogens is 1. The Morgan fingerprint density at radius 3 is 2.82 bits per heavy atom. The van der Waals surface area contributed by atoms with Crippen LogP contribution in [0.1, 0.15) is 19.4 Å². The molecule has 1 aromatic rings. The molecule has 2 rings (SSSR count). The zero-order valence-corrected chi connectivity index (χ0v) is 11.5. The fourth-order valence-corrected chi connectivity index (χ4v) is 2.43. The first kappa shape index (κ1) is 12.8.